The zero-order valence-corrected chi connectivity index (χ0v) is 20.3. The predicted molar refractivity (Wildman–Crippen MR) is 145 cm³/mol. The summed E-state index contributed by atoms with van der Waals surface area (Å²) in [5.74, 6) is -0.229. The van der Waals surface area contributed by atoms with Crippen LogP contribution in [0.1, 0.15) is 11.1 Å². The van der Waals surface area contributed by atoms with Gasteiger partial charge in [0.05, 0.1) is 21.9 Å². The van der Waals surface area contributed by atoms with Crippen molar-refractivity contribution in [1.82, 2.24) is 0 Å². The van der Waals surface area contributed by atoms with Gasteiger partial charge in [-0.3, -0.25) is 9.10 Å². The van der Waals surface area contributed by atoms with Crippen LogP contribution in [0.2, 0.25) is 0 Å². The maximum Gasteiger partial charge on any atom is 0.264 e. The number of nitrogens with two attached hydrogens (primary N) is 1. The van der Waals surface area contributed by atoms with Crippen LogP contribution in [0.25, 0.3) is 11.3 Å². The number of anilines is 4. The Hall–Kier alpha value is -4.56. The molecule has 1 heterocycles. The van der Waals surface area contributed by atoms with Crippen molar-refractivity contribution in [3.8, 4) is 0 Å². The van der Waals surface area contributed by atoms with Crippen LogP contribution in [0.3, 0.4) is 0 Å². The van der Waals surface area contributed by atoms with Gasteiger partial charge in [-0.2, -0.15) is 0 Å². The Bertz CT molecular complexity index is 1570. The van der Waals surface area contributed by atoms with Gasteiger partial charge in [-0.1, -0.05) is 48.5 Å². The van der Waals surface area contributed by atoms with E-state index in [0.29, 0.717) is 34.0 Å². The van der Waals surface area contributed by atoms with E-state index < -0.39 is 10.0 Å². The highest BCUT2D eigenvalue weighted by Gasteiger charge is 2.28. The van der Waals surface area contributed by atoms with E-state index in [4.69, 9.17) is 5.73 Å². The number of sulfonamides is 1. The minimum Gasteiger partial charge on any atom is -0.399 e. The Kier molecular flexibility index (Phi) is 5.95. The lowest BCUT2D eigenvalue weighted by Gasteiger charge is -2.20. The number of carbonyl (C=O) groups excluding carboxylic acids is 1. The van der Waals surface area contributed by atoms with Gasteiger partial charge in [0.25, 0.3) is 15.9 Å². The number of hydrogen-bond donors (Lipinski definition) is 3. The SMILES string of the molecule is CN(c1ccc(N/C(=C2\C(=O)Nc3ccc(N)cc32)c2ccccc2)cc1)S(=O)(=O)c1ccccc1. The molecule has 7 nitrogen and oxygen atoms in total. The Labute approximate surface area is 209 Å². The minimum atomic E-state index is -3.69. The first-order chi connectivity index (χ1) is 17.3. The van der Waals surface area contributed by atoms with Gasteiger partial charge in [0.1, 0.15) is 0 Å². The summed E-state index contributed by atoms with van der Waals surface area (Å²) < 4.78 is 27.2. The maximum atomic E-state index is 13.0. The second kappa shape index (κ2) is 9.24. The lowest BCUT2D eigenvalue weighted by molar-refractivity contribution is -0.110. The molecule has 1 aliphatic heterocycles. The molecule has 36 heavy (non-hydrogen) atoms. The molecule has 1 amide bonds. The van der Waals surface area contributed by atoms with Crippen molar-refractivity contribution in [2.45, 2.75) is 4.90 Å². The Morgan fingerprint density at radius 2 is 1.50 bits per heavy atom. The summed E-state index contributed by atoms with van der Waals surface area (Å²) >= 11 is 0. The van der Waals surface area contributed by atoms with E-state index in [-0.39, 0.29) is 10.8 Å². The molecule has 0 saturated carbocycles. The molecule has 8 heteroatoms. The van der Waals surface area contributed by atoms with Gasteiger partial charge in [-0.15, -0.1) is 0 Å². The number of rotatable bonds is 6. The number of nitrogens with one attached hydrogen (secondary N) is 2. The van der Waals surface area contributed by atoms with Crippen molar-refractivity contribution in [3.63, 3.8) is 0 Å². The molecule has 0 aromatic heterocycles. The van der Waals surface area contributed by atoms with E-state index in [1.54, 1.807) is 72.8 Å². The van der Waals surface area contributed by atoms with Crippen LogP contribution in [0.5, 0.6) is 0 Å². The lowest BCUT2D eigenvalue weighted by Crippen LogP contribution is -2.26. The minimum absolute atomic E-state index is 0.219. The number of benzene rings is 4. The highest BCUT2D eigenvalue weighted by molar-refractivity contribution is 7.92. The van der Waals surface area contributed by atoms with Crippen molar-refractivity contribution < 1.29 is 13.2 Å². The molecule has 0 aliphatic carbocycles. The number of amides is 1. The summed E-state index contributed by atoms with van der Waals surface area (Å²) in [5.41, 5.74) is 11.1. The van der Waals surface area contributed by atoms with Crippen molar-refractivity contribution in [1.29, 1.82) is 0 Å². The molecule has 0 bridgehead atoms. The molecule has 4 N–H and O–H groups in total. The molecule has 4 aromatic carbocycles. The highest BCUT2D eigenvalue weighted by Crippen LogP contribution is 2.38. The molecular weight excluding hydrogens is 472 g/mol. The Morgan fingerprint density at radius 1 is 0.861 bits per heavy atom. The van der Waals surface area contributed by atoms with E-state index in [1.165, 1.54) is 11.4 Å². The predicted octanol–water partition coefficient (Wildman–Crippen LogP) is 5.03. The molecule has 0 saturated heterocycles. The number of fused-ring (bicyclic) bond motifs is 1. The summed E-state index contributed by atoms with van der Waals surface area (Å²) in [7, 11) is -2.17. The van der Waals surface area contributed by atoms with Gasteiger partial charge in [-0.05, 0) is 60.2 Å². The van der Waals surface area contributed by atoms with E-state index in [0.717, 1.165) is 11.1 Å². The van der Waals surface area contributed by atoms with Crippen molar-refractivity contribution in [2.24, 2.45) is 0 Å². The van der Waals surface area contributed by atoms with Gasteiger partial charge >= 0.3 is 0 Å². The quantitative estimate of drug-likeness (QED) is 0.257. The summed E-state index contributed by atoms with van der Waals surface area (Å²) in [6.07, 6.45) is 0. The van der Waals surface area contributed by atoms with E-state index in [9.17, 15) is 13.2 Å². The number of nitrogens with zero attached hydrogens (tertiary/aromatic N) is 1. The molecule has 0 fully saturated rings. The van der Waals surface area contributed by atoms with Crippen molar-refractivity contribution >= 4 is 50.0 Å². The van der Waals surface area contributed by atoms with Gasteiger partial charge in [0.15, 0.2) is 0 Å². The van der Waals surface area contributed by atoms with Gasteiger partial charge in [0, 0.05) is 29.7 Å². The number of hydrogen-bond acceptors (Lipinski definition) is 5. The molecule has 0 unspecified atom stereocenters. The van der Waals surface area contributed by atoms with Gasteiger partial charge in [0.2, 0.25) is 0 Å². The fourth-order valence-electron chi connectivity index (χ4n) is 4.11. The maximum absolute atomic E-state index is 13.0. The average Bonchev–Trinajstić information content (AvgIpc) is 3.22. The molecule has 180 valence electrons. The molecular formula is C28H24N4O3S. The topological polar surface area (TPSA) is 105 Å². The van der Waals surface area contributed by atoms with E-state index in [2.05, 4.69) is 10.6 Å². The average molecular weight is 497 g/mol. The van der Waals surface area contributed by atoms with Crippen LogP contribution >= 0.6 is 0 Å². The fraction of sp³-hybridized carbons (Fsp3) is 0.0357. The van der Waals surface area contributed by atoms with Crippen LogP contribution in [-0.4, -0.2) is 21.4 Å². The van der Waals surface area contributed by atoms with Gasteiger partial charge in [-0.25, -0.2) is 8.42 Å². The number of carbonyl (C=O) groups is 1. The Morgan fingerprint density at radius 3 is 2.17 bits per heavy atom. The molecule has 0 radical (unpaired) electrons. The third kappa shape index (κ3) is 4.30. The first-order valence-electron chi connectivity index (χ1n) is 11.3. The number of nitrogen functional groups attached to an aromatic ring is 1. The third-order valence-corrected chi connectivity index (χ3v) is 7.80. The second-order valence-corrected chi connectivity index (χ2v) is 10.3. The third-order valence-electron chi connectivity index (χ3n) is 6.00. The van der Waals surface area contributed by atoms with Crippen molar-refractivity contribution in [2.75, 3.05) is 27.7 Å². The van der Waals surface area contributed by atoms with E-state index in [1.807, 2.05) is 30.3 Å². The van der Waals surface area contributed by atoms with Gasteiger partial charge < -0.3 is 16.4 Å². The lowest BCUT2D eigenvalue weighted by atomic mass is 9.99. The zero-order valence-electron chi connectivity index (χ0n) is 19.5. The smallest absolute Gasteiger partial charge is 0.264 e. The summed E-state index contributed by atoms with van der Waals surface area (Å²) in [6.45, 7) is 0. The van der Waals surface area contributed by atoms with Crippen LogP contribution in [-0.2, 0) is 14.8 Å². The van der Waals surface area contributed by atoms with Crippen LogP contribution in [0.4, 0.5) is 22.7 Å². The molecule has 5 rings (SSSR count). The normalized spacial score (nSPS) is 14.1. The fourth-order valence-corrected chi connectivity index (χ4v) is 5.32. The van der Waals surface area contributed by atoms with Crippen LogP contribution in [0.15, 0.2) is 108 Å². The summed E-state index contributed by atoms with van der Waals surface area (Å²) in [4.78, 5) is 13.2. The summed E-state index contributed by atoms with van der Waals surface area (Å²) in [5, 5.41) is 6.28. The second-order valence-electron chi connectivity index (χ2n) is 8.33. The van der Waals surface area contributed by atoms with Crippen molar-refractivity contribution in [3.05, 3.63) is 114 Å². The molecule has 4 aromatic rings. The standard InChI is InChI=1S/C28H24N4O3S/c1-32(36(34,35)23-10-6-3-7-11-23)22-15-13-21(14-16-22)30-27(19-8-4-2-5-9-19)26-24-18-20(29)12-17-25(24)31-28(26)33/h2-18,30H,29H2,1H3,(H,31,33)/b27-26-. The summed E-state index contributed by atoms with van der Waals surface area (Å²) in [6, 6.07) is 30.1. The zero-order chi connectivity index (χ0) is 25.3. The first-order valence-corrected chi connectivity index (χ1v) is 12.7. The first kappa shape index (κ1) is 23.2. The van der Waals surface area contributed by atoms with E-state index >= 15 is 0 Å². The van der Waals surface area contributed by atoms with Crippen LogP contribution < -0.4 is 20.7 Å². The van der Waals surface area contributed by atoms with Crippen LogP contribution in [0, 0.1) is 0 Å². The molecule has 1 aliphatic rings. The largest absolute Gasteiger partial charge is 0.399 e. The highest BCUT2D eigenvalue weighted by atomic mass is 32.2. The Balaban J connectivity index is 1.51. The molecule has 0 spiro atoms. The molecule has 0 atom stereocenters. The monoisotopic (exact) mass is 496 g/mol.